The van der Waals surface area contributed by atoms with Crippen molar-refractivity contribution in [1.82, 2.24) is 4.98 Å². The zero-order chi connectivity index (χ0) is 16.3. The number of benzene rings is 2. The molecular weight excluding hydrogens is 310 g/mol. The number of sulfone groups is 1. The Morgan fingerprint density at radius 3 is 2.00 bits per heavy atom. The Bertz CT molecular complexity index is 891. The zero-order valence-electron chi connectivity index (χ0n) is 12.2. The minimum atomic E-state index is -3.54. The number of pyridine rings is 1. The van der Waals surface area contributed by atoms with Gasteiger partial charge in [-0.3, -0.25) is 0 Å². The van der Waals surface area contributed by atoms with Crippen molar-refractivity contribution in [2.45, 2.75) is 9.79 Å². The number of hydrogen-bond acceptors (Lipinski definition) is 5. The third-order valence-corrected chi connectivity index (χ3v) is 5.08. The summed E-state index contributed by atoms with van der Waals surface area (Å²) in [5.74, 6) is 0.696. The van der Waals surface area contributed by atoms with Crippen LogP contribution >= 0.6 is 0 Å². The molecule has 0 saturated carbocycles. The fourth-order valence-electron chi connectivity index (χ4n) is 2.09. The van der Waals surface area contributed by atoms with Crippen LogP contribution in [0.4, 0.5) is 17.2 Å². The molecule has 0 bridgehead atoms. The van der Waals surface area contributed by atoms with Crippen molar-refractivity contribution in [3.05, 3.63) is 72.9 Å². The third kappa shape index (κ3) is 3.32. The summed E-state index contributed by atoms with van der Waals surface area (Å²) in [4.78, 5) is 4.61. The fraction of sp³-hybridized carbons (Fsp3) is 0. The van der Waals surface area contributed by atoms with E-state index in [-0.39, 0.29) is 9.79 Å². The van der Waals surface area contributed by atoms with Gasteiger partial charge in [0.2, 0.25) is 9.84 Å². The summed E-state index contributed by atoms with van der Waals surface area (Å²) in [5, 5.41) is 3.11. The van der Waals surface area contributed by atoms with Gasteiger partial charge in [-0.05, 0) is 60.7 Å². The van der Waals surface area contributed by atoms with Gasteiger partial charge in [-0.25, -0.2) is 13.4 Å². The lowest BCUT2D eigenvalue weighted by Crippen LogP contribution is -2.02. The van der Waals surface area contributed by atoms with Gasteiger partial charge >= 0.3 is 0 Å². The van der Waals surface area contributed by atoms with Crippen molar-refractivity contribution in [2.75, 3.05) is 11.1 Å². The Morgan fingerprint density at radius 1 is 0.826 bits per heavy atom. The second-order valence-corrected chi connectivity index (χ2v) is 6.89. The van der Waals surface area contributed by atoms with Crippen molar-refractivity contribution >= 4 is 27.0 Å². The zero-order valence-corrected chi connectivity index (χ0v) is 13.0. The molecule has 0 aliphatic rings. The number of aromatic nitrogens is 1. The minimum absolute atomic E-state index is 0.220. The first kappa shape index (κ1) is 15.1. The predicted octanol–water partition coefficient (Wildman–Crippen LogP) is 3.24. The van der Waals surface area contributed by atoms with Gasteiger partial charge in [0, 0.05) is 17.6 Å². The summed E-state index contributed by atoms with van der Waals surface area (Å²) in [6.07, 6.45) is 1.68. The number of nitrogen functional groups attached to an aromatic ring is 1. The molecule has 116 valence electrons. The van der Waals surface area contributed by atoms with Crippen molar-refractivity contribution in [3.8, 4) is 0 Å². The standard InChI is InChI=1S/C17H15N3O2S/c18-13-4-8-15(9-5-13)23(21,22)16-10-6-14(7-11-16)20-17-3-1-2-12-19-17/h1-12H,18H2,(H,19,20). The van der Waals surface area contributed by atoms with Crippen molar-refractivity contribution in [3.63, 3.8) is 0 Å². The first-order valence-corrected chi connectivity index (χ1v) is 8.43. The van der Waals surface area contributed by atoms with Gasteiger partial charge in [0.15, 0.2) is 0 Å². The summed E-state index contributed by atoms with van der Waals surface area (Å²) < 4.78 is 25.1. The molecule has 5 nitrogen and oxygen atoms in total. The van der Waals surface area contributed by atoms with Gasteiger partial charge in [-0.2, -0.15) is 0 Å². The molecule has 23 heavy (non-hydrogen) atoms. The van der Waals surface area contributed by atoms with Crippen LogP contribution in [0.5, 0.6) is 0 Å². The van der Waals surface area contributed by atoms with E-state index in [9.17, 15) is 8.42 Å². The van der Waals surface area contributed by atoms with Gasteiger partial charge in [0.25, 0.3) is 0 Å². The maximum Gasteiger partial charge on any atom is 0.206 e. The SMILES string of the molecule is Nc1ccc(S(=O)(=O)c2ccc(Nc3ccccn3)cc2)cc1. The quantitative estimate of drug-likeness (QED) is 0.719. The molecule has 0 radical (unpaired) electrons. The van der Waals surface area contributed by atoms with E-state index < -0.39 is 9.84 Å². The first-order chi connectivity index (χ1) is 11.1. The Balaban J connectivity index is 1.85. The van der Waals surface area contributed by atoms with Crippen LogP contribution < -0.4 is 11.1 Å². The van der Waals surface area contributed by atoms with Crippen molar-refractivity contribution in [2.24, 2.45) is 0 Å². The van der Waals surface area contributed by atoms with E-state index >= 15 is 0 Å². The van der Waals surface area contributed by atoms with E-state index in [1.54, 1.807) is 42.6 Å². The molecule has 3 rings (SSSR count). The molecule has 0 amide bonds. The van der Waals surface area contributed by atoms with Gasteiger partial charge in [-0.15, -0.1) is 0 Å². The number of rotatable bonds is 4. The second kappa shape index (κ2) is 6.10. The smallest absolute Gasteiger partial charge is 0.206 e. The molecule has 0 saturated heterocycles. The molecule has 6 heteroatoms. The fourth-order valence-corrected chi connectivity index (χ4v) is 3.35. The summed E-state index contributed by atoms with van der Waals surface area (Å²) in [6.45, 7) is 0. The van der Waals surface area contributed by atoms with E-state index in [1.807, 2.05) is 18.2 Å². The van der Waals surface area contributed by atoms with E-state index in [1.165, 1.54) is 12.1 Å². The highest BCUT2D eigenvalue weighted by atomic mass is 32.2. The lowest BCUT2D eigenvalue weighted by molar-refractivity contribution is 0.596. The number of nitrogens with zero attached hydrogens (tertiary/aromatic N) is 1. The lowest BCUT2D eigenvalue weighted by atomic mass is 10.3. The Kier molecular flexibility index (Phi) is 3.99. The summed E-state index contributed by atoms with van der Waals surface area (Å²) >= 11 is 0. The molecule has 0 spiro atoms. The Labute approximate surface area is 134 Å². The third-order valence-electron chi connectivity index (χ3n) is 3.29. The molecule has 0 unspecified atom stereocenters. The van der Waals surface area contributed by atoms with E-state index in [2.05, 4.69) is 10.3 Å². The van der Waals surface area contributed by atoms with Crippen LogP contribution in [0, 0.1) is 0 Å². The van der Waals surface area contributed by atoms with Crippen LogP contribution in [0.25, 0.3) is 0 Å². The number of nitrogens with one attached hydrogen (secondary N) is 1. The van der Waals surface area contributed by atoms with Crippen LogP contribution in [0.2, 0.25) is 0 Å². The monoisotopic (exact) mass is 325 g/mol. The van der Waals surface area contributed by atoms with Gasteiger partial charge in [-0.1, -0.05) is 6.07 Å². The molecule has 1 aromatic heterocycles. The maximum absolute atomic E-state index is 12.5. The summed E-state index contributed by atoms with van der Waals surface area (Å²) in [6, 6.07) is 18.2. The summed E-state index contributed by atoms with van der Waals surface area (Å²) in [7, 11) is -3.54. The average molecular weight is 325 g/mol. The molecule has 2 aromatic carbocycles. The Morgan fingerprint density at radius 2 is 1.43 bits per heavy atom. The van der Waals surface area contributed by atoms with Gasteiger partial charge < -0.3 is 11.1 Å². The highest BCUT2D eigenvalue weighted by molar-refractivity contribution is 7.91. The highest BCUT2D eigenvalue weighted by Crippen LogP contribution is 2.24. The number of anilines is 3. The van der Waals surface area contributed by atoms with Crippen LogP contribution in [-0.2, 0) is 9.84 Å². The molecule has 3 N–H and O–H groups in total. The number of nitrogens with two attached hydrogens (primary N) is 1. The largest absolute Gasteiger partial charge is 0.399 e. The normalized spacial score (nSPS) is 11.1. The molecule has 3 aromatic rings. The van der Waals surface area contributed by atoms with Crippen LogP contribution in [0.3, 0.4) is 0 Å². The lowest BCUT2D eigenvalue weighted by Gasteiger charge is -2.08. The van der Waals surface area contributed by atoms with E-state index in [0.29, 0.717) is 11.5 Å². The molecule has 0 atom stereocenters. The molecular formula is C17H15N3O2S. The van der Waals surface area contributed by atoms with Gasteiger partial charge in [0.05, 0.1) is 9.79 Å². The van der Waals surface area contributed by atoms with E-state index in [0.717, 1.165) is 5.69 Å². The molecule has 0 aliphatic heterocycles. The molecule has 1 heterocycles. The van der Waals surface area contributed by atoms with Gasteiger partial charge in [0.1, 0.15) is 5.82 Å². The highest BCUT2D eigenvalue weighted by Gasteiger charge is 2.17. The first-order valence-electron chi connectivity index (χ1n) is 6.94. The topological polar surface area (TPSA) is 85.1 Å². The average Bonchev–Trinajstić information content (AvgIpc) is 2.57. The predicted molar refractivity (Wildman–Crippen MR) is 90.3 cm³/mol. The van der Waals surface area contributed by atoms with Crippen LogP contribution in [0.1, 0.15) is 0 Å². The molecule has 0 fully saturated rings. The maximum atomic E-state index is 12.5. The summed E-state index contributed by atoms with van der Waals surface area (Å²) in [5.41, 5.74) is 6.88. The van der Waals surface area contributed by atoms with Crippen LogP contribution in [-0.4, -0.2) is 13.4 Å². The van der Waals surface area contributed by atoms with Crippen molar-refractivity contribution in [1.29, 1.82) is 0 Å². The number of hydrogen-bond donors (Lipinski definition) is 2. The minimum Gasteiger partial charge on any atom is -0.399 e. The second-order valence-electron chi connectivity index (χ2n) is 4.94. The van der Waals surface area contributed by atoms with E-state index in [4.69, 9.17) is 5.73 Å². The van der Waals surface area contributed by atoms with Crippen molar-refractivity contribution < 1.29 is 8.42 Å². The Hall–Kier alpha value is -2.86. The molecule has 0 aliphatic carbocycles. The van der Waals surface area contributed by atoms with Crippen LogP contribution in [0.15, 0.2) is 82.7 Å².